The number of rotatable bonds is 6. The summed E-state index contributed by atoms with van der Waals surface area (Å²) < 4.78 is 18.7. The van der Waals surface area contributed by atoms with Gasteiger partial charge in [-0.05, 0) is 55.5 Å². The van der Waals surface area contributed by atoms with Crippen molar-refractivity contribution in [1.82, 2.24) is 0 Å². The van der Waals surface area contributed by atoms with Gasteiger partial charge in [-0.3, -0.25) is 9.59 Å². The molecule has 1 atom stereocenters. The number of amides is 2. The molecule has 0 heterocycles. The number of anilines is 2. The van der Waals surface area contributed by atoms with Gasteiger partial charge in [0.05, 0.1) is 5.56 Å². The van der Waals surface area contributed by atoms with Gasteiger partial charge in [0.25, 0.3) is 11.8 Å². The zero-order chi connectivity index (χ0) is 19.9. The number of carbonyl (C=O) groups is 2. The van der Waals surface area contributed by atoms with E-state index in [1.54, 1.807) is 43.3 Å². The SMILES string of the molecule is C[C@@H](Oc1ccccc1C(=O)Nc1ccccc1)C(=O)Nc1ccc(F)cc1. The minimum Gasteiger partial charge on any atom is -0.480 e. The first-order valence-corrected chi connectivity index (χ1v) is 8.71. The fraction of sp³-hybridized carbons (Fsp3) is 0.0909. The number of hydrogen-bond acceptors (Lipinski definition) is 3. The Hall–Kier alpha value is -3.67. The third-order valence-corrected chi connectivity index (χ3v) is 3.95. The second-order valence-electron chi connectivity index (χ2n) is 6.07. The van der Waals surface area contributed by atoms with E-state index in [0.717, 1.165) is 0 Å². The summed E-state index contributed by atoms with van der Waals surface area (Å²) in [5, 5.41) is 5.44. The summed E-state index contributed by atoms with van der Waals surface area (Å²) in [5.41, 5.74) is 1.43. The fourth-order valence-electron chi connectivity index (χ4n) is 2.50. The van der Waals surface area contributed by atoms with Crippen LogP contribution in [0.2, 0.25) is 0 Å². The average molecular weight is 378 g/mol. The monoisotopic (exact) mass is 378 g/mol. The van der Waals surface area contributed by atoms with E-state index in [9.17, 15) is 14.0 Å². The number of benzene rings is 3. The molecule has 28 heavy (non-hydrogen) atoms. The van der Waals surface area contributed by atoms with Crippen LogP contribution in [0, 0.1) is 5.82 Å². The molecular weight excluding hydrogens is 359 g/mol. The lowest BCUT2D eigenvalue weighted by molar-refractivity contribution is -0.122. The van der Waals surface area contributed by atoms with Crippen molar-refractivity contribution >= 4 is 23.2 Å². The van der Waals surface area contributed by atoms with Gasteiger partial charge in [-0.25, -0.2) is 4.39 Å². The molecule has 0 fully saturated rings. The van der Waals surface area contributed by atoms with Crippen LogP contribution in [0.15, 0.2) is 78.9 Å². The van der Waals surface area contributed by atoms with Crippen molar-refractivity contribution in [3.8, 4) is 5.75 Å². The summed E-state index contributed by atoms with van der Waals surface area (Å²) >= 11 is 0. The van der Waals surface area contributed by atoms with Crippen molar-refractivity contribution in [2.24, 2.45) is 0 Å². The first-order chi connectivity index (χ1) is 13.5. The summed E-state index contributed by atoms with van der Waals surface area (Å²) in [4.78, 5) is 24.9. The Morgan fingerprint density at radius 3 is 2.14 bits per heavy atom. The number of ether oxygens (including phenoxy) is 1. The normalized spacial score (nSPS) is 11.4. The van der Waals surface area contributed by atoms with E-state index in [1.807, 2.05) is 18.2 Å². The molecule has 3 aromatic rings. The average Bonchev–Trinajstić information content (AvgIpc) is 2.70. The molecule has 2 N–H and O–H groups in total. The van der Waals surface area contributed by atoms with E-state index in [0.29, 0.717) is 16.9 Å². The van der Waals surface area contributed by atoms with Crippen LogP contribution in [0.1, 0.15) is 17.3 Å². The van der Waals surface area contributed by atoms with Gasteiger partial charge in [0.15, 0.2) is 6.10 Å². The van der Waals surface area contributed by atoms with E-state index >= 15 is 0 Å². The van der Waals surface area contributed by atoms with Crippen LogP contribution in [0.3, 0.4) is 0 Å². The summed E-state index contributed by atoms with van der Waals surface area (Å²) in [6.45, 7) is 1.57. The van der Waals surface area contributed by atoms with Crippen LogP contribution >= 0.6 is 0 Å². The van der Waals surface area contributed by atoms with E-state index in [4.69, 9.17) is 4.74 Å². The molecule has 0 aliphatic heterocycles. The molecule has 0 bridgehead atoms. The highest BCUT2D eigenvalue weighted by molar-refractivity contribution is 6.06. The minimum atomic E-state index is -0.865. The predicted octanol–water partition coefficient (Wildman–Crippen LogP) is 4.48. The first kappa shape index (κ1) is 19.1. The largest absolute Gasteiger partial charge is 0.480 e. The van der Waals surface area contributed by atoms with Crippen LogP contribution in [-0.4, -0.2) is 17.9 Å². The second-order valence-corrected chi connectivity index (χ2v) is 6.07. The first-order valence-electron chi connectivity index (χ1n) is 8.71. The lowest BCUT2D eigenvalue weighted by Crippen LogP contribution is -2.30. The number of halogens is 1. The predicted molar refractivity (Wildman–Crippen MR) is 106 cm³/mol. The van der Waals surface area contributed by atoms with Gasteiger partial charge in [-0.1, -0.05) is 30.3 Å². The Balaban J connectivity index is 1.69. The Morgan fingerprint density at radius 2 is 1.43 bits per heavy atom. The van der Waals surface area contributed by atoms with Crippen molar-refractivity contribution in [2.45, 2.75) is 13.0 Å². The topological polar surface area (TPSA) is 67.4 Å². The molecule has 3 rings (SSSR count). The van der Waals surface area contributed by atoms with Gasteiger partial charge in [0, 0.05) is 11.4 Å². The Labute approximate surface area is 162 Å². The third kappa shape index (κ3) is 4.94. The number of para-hydroxylation sites is 2. The van der Waals surface area contributed by atoms with Crippen LogP contribution in [0.4, 0.5) is 15.8 Å². The number of hydrogen-bond donors (Lipinski definition) is 2. The summed E-state index contributed by atoms with van der Waals surface area (Å²) in [5.74, 6) is -0.851. The van der Waals surface area contributed by atoms with E-state index in [-0.39, 0.29) is 17.5 Å². The quantitative estimate of drug-likeness (QED) is 0.664. The molecule has 0 saturated heterocycles. The molecule has 0 aliphatic rings. The van der Waals surface area contributed by atoms with E-state index < -0.39 is 12.0 Å². The van der Waals surface area contributed by atoms with Crippen molar-refractivity contribution < 1.29 is 18.7 Å². The van der Waals surface area contributed by atoms with Crippen LogP contribution in [-0.2, 0) is 4.79 Å². The molecule has 2 amide bonds. The molecule has 6 heteroatoms. The fourth-order valence-corrected chi connectivity index (χ4v) is 2.50. The zero-order valence-corrected chi connectivity index (χ0v) is 15.2. The standard InChI is InChI=1S/C22H19FN2O3/c1-15(21(26)24-18-13-11-16(23)12-14-18)28-20-10-6-5-9-19(20)22(27)25-17-7-3-2-4-8-17/h2-15H,1H3,(H,24,26)(H,25,27)/t15-/m1/s1. The maximum atomic E-state index is 13.0. The van der Waals surface area contributed by atoms with Crippen LogP contribution in [0.25, 0.3) is 0 Å². The van der Waals surface area contributed by atoms with Gasteiger partial charge in [-0.2, -0.15) is 0 Å². The highest BCUT2D eigenvalue weighted by Gasteiger charge is 2.19. The van der Waals surface area contributed by atoms with Crippen molar-refractivity contribution in [3.63, 3.8) is 0 Å². The Kier molecular flexibility index (Phi) is 6.01. The molecule has 0 saturated carbocycles. The third-order valence-electron chi connectivity index (χ3n) is 3.95. The molecule has 0 radical (unpaired) electrons. The number of carbonyl (C=O) groups excluding carboxylic acids is 2. The van der Waals surface area contributed by atoms with E-state index in [2.05, 4.69) is 10.6 Å². The molecule has 5 nitrogen and oxygen atoms in total. The highest BCUT2D eigenvalue weighted by Crippen LogP contribution is 2.21. The lowest BCUT2D eigenvalue weighted by Gasteiger charge is -2.17. The van der Waals surface area contributed by atoms with Gasteiger partial charge in [-0.15, -0.1) is 0 Å². The lowest BCUT2D eigenvalue weighted by atomic mass is 10.1. The van der Waals surface area contributed by atoms with Gasteiger partial charge >= 0.3 is 0 Å². The Morgan fingerprint density at radius 1 is 0.821 bits per heavy atom. The van der Waals surface area contributed by atoms with E-state index in [1.165, 1.54) is 24.3 Å². The van der Waals surface area contributed by atoms with Crippen molar-refractivity contribution in [2.75, 3.05) is 10.6 Å². The maximum Gasteiger partial charge on any atom is 0.265 e. The molecule has 0 aromatic heterocycles. The molecule has 0 aliphatic carbocycles. The highest BCUT2D eigenvalue weighted by atomic mass is 19.1. The zero-order valence-electron chi connectivity index (χ0n) is 15.2. The van der Waals surface area contributed by atoms with Gasteiger partial charge in [0.2, 0.25) is 0 Å². The molecule has 142 valence electrons. The van der Waals surface area contributed by atoms with Crippen LogP contribution < -0.4 is 15.4 Å². The van der Waals surface area contributed by atoms with Crippen molar-refractivity contribution in [3.05, 3.63) is 90.2 Å². The second kappa shape index (κ2) is 8.81. The van der Waals surface area contributed by atoms with Gasteiger partial charge in [0.1, 0.15) is 11.6 Å². The van der Waals surface area contributed by atoms with Crippen LogP contribution in [0.5, 0.6) is 5.75 Å². The number of nitrogens with one attached hydrogen (secondary N) is 2. The van der Waals surface area contributed by atoms with Gasteiger partial charge < -0.3 is 15.4 Å². The summed E-state index contributed by atoms with van der Waals surface area (Å²) in [6.07, 6.45) is -0.865. The maximum absolute atomic E-state index is 13.0. The Bertz CT molecular complexity index is 959. The summed E-state index contributed by atoms with van der Waals surface area (Å²) in [6, 6.07) is 21.2. The van der Waals surface area contributed by atoms with Crippen molar-refractivity contribution in [1.29, 1.82) is 0 Å². The minimum absolute atomic E-state index is 0.290. The molecule has 0 spiro atoms. The summed E-state index contributed by atoms with van der Waals surface area (Å²) in [7, 11) is 0. The molecular formula is C22H19FN2O3. The molecule has 3 aromatic carbocycles. The smallest absolute Gasteiger partial charge is 0.265 e. The molecule has 0 unspecified atom stereocenters.